The van der Waals surface area contributed by atoms with Crippen LogP contribution in [0.5, 0.6) is 0 Å². The van der Waals surface area contributed by atoms with Gasteiger partial charge in [0.05, 0.1) is 0 Å². The molecule has 0 spiro atoms. The summed E-state index contributed by atoms with van der Waals surface area (Å²) in [4.78, 5) is 2.48. The summed E-state index contributed by atoms with van der Waals surface area (Å²) in [7, 11) is 2.25. The zero-order valence-electron chi connectivity index (χ0n) is 7.34. The van der Waals surface area contributed by atoms with Crippen LogP contribution in [0.25, 0.3) is 0 Å². The summed E-state index contributed by atoms with van der Waals surface area (Å²) < 4.78 is 0. The van der Waals surface area contributed by atoms with Crippen LogP contribution in [0.1, 0.15) is 12.8 Å². The fraction of sp³-hybridized carbons (Fsp3) is 1.00. The summed E-state index contributed by atoms with van der Waals surface area (Å²) in [6, 6.07) is 0. The molecule has 2 aliphatic heterocycles. The predicted molar refractivity (Wildman–Crippen MR) is 46.6 cm³/mol. The van der Waals surface area contributed by atoms with E-state index in [0.29, 0.717) is 0 Å². The average Bonchev–Trinajstić information content (AvgIpc) is 2.31. The van der Waals surface area contributed by atoms with E-state index in [9.17, 15) is 0 Å². The minimum absolute atomic E-state index is 0.947. The Morgan fingerprint density at radius 2 is 2.09 bits per heavy atom. The molecule has 2 saturated heterocycles. The lowest BCUT2D eigenvalue weighted by Crippen LogP contribution is -2.27. The Hall–Kier alpha value is -0.0800. The molecule has 2 aliphatic rings. The maximum absolute atomic E-state index is 3.49. The van der Waals surface area contributed by atoms with Crippen LogP contribution in [0.2, 0.25) is 0 Å². The largest absolute Gasteiger partial charge is 0.316 e. The van der Waals surface area contributed by atoms with Crippen molar-refractivity contribution in [3.05, 3.63) is 0 Å². The van der Waals surface area contributed by atoms with Gasteiger partial charge >= 0.3 is 0 Å². The van der Waals surface area contributed by atoms with Crippen LogP contribution in [-0.4, -0.2) is 38.1 Å². The number of hydrogen-bond acceptors (Lipinski definition) is 2. The molecule has 2 rings (SSSR count). The highest BCUT2D eigenvalue weighted by atomic mass is 15.1. The molecule has 0 aliphatic carbocycles. The normalized spacial score (nSPS) is 40.1. The minimum Gasteiger partial charge on any atom is -0.316 e. The van der Waals surface area contributed by atoms with Crippen LogP contribution in [0.15, 0.2) is 0 Å². The molecule has 1 N–H and O–H groups in total. The van der Waals surface area contributed by atoms with Gasteiger partial charge in [0.1, 0.15) is 0 Å². The Labute approximate surface area is 69.0 Å². The number of nitrogens with one attached hydrogen (secondary N) is 1. The van der Waals surface area contributed by atoms with Crippen LogP contribution in [0.4, 0.5) is 0 Å². The third-order valence-corrected chi connectivity index (χ3v) is 3.14. The lowest BCUT2D eigenvalue weighted by Gasteiger charge is -2.18. The maximum Gasteiger partial charge on any atom is 0.00219 e. The SMILES string of the molecule is CN1CCCC2CNCC2C1. The first-order chi connectivity index (χ1) is 5.36. The van der Waals surface area contributed by atoms with Crippen molar-refractivity contribution in [1.29, 1.82) is 0 Å². The van der Waals surface area contributed by atoms with E-state index >= 15 is 0 Å². The van der Waals surface area contributed by atoms with E-state index < -0.39 is 0 Å². The van der Waals surface area contributed by atoms with E-state index in [1.165, 1.54) is 39.0 Å². The van der Waals surface area contributed by atoms with Gasteiger partial charge in [-0.1, -0.05) is 0 Å². The average molecular weight is 154 g/mol. The fourth-order valence-corrected chi connectivity index (χ4v) is 2.45. The highest BCUT2D eigenvalue weighted by Gasteiger charge is 2.29. The molecule has 2 heterocycles. The Kier molecular flexibility index (Phi) is 2.14. The first-order valence-electron chi connectivity index (χ1n) is 4.75. The van der Waals surface area contributed by atoms with Crippen molar-refractivity contribution in [2.75, 3.05) is 33.2 Å². The van der Waals surface area contributed by atoms with Gasteiger partial charge in [0.15, 0.2) is 0 Å². The zero-order chi connectivity index (χ0) is 7.68. The lowest BCUT2D eigenvalue weighted by molar-refractivity contribution is 0.292. The molecule has 2 nitrogen and oxygen atoms in total. The molecule has 11 heavy (non-hydrogen) atoms. The zero-order valence-corrected chi connectivity index (χ0v) is 7.34. The van der Waals surface area contributed by atoms with E-state index in [-0.39, 0.29) is 0 Å². The van der Waals surface area contributed by atoms with E-state index in [1.807, 2.05) is 0 Å². The summed E-state index contributed by atoms with van der Waals surface area (Å²) >= 11 is 0. The Morgan fingerprint density at radius 1 is 1.27 bits per heavy atom. The molecule has 2 unspecified atom stereocenters. The molecular weight excluding hydrogens is 136 g/mol. The molecule has 2 fully saturated rings. The first-order valence-corrected chi connectivity index (χ1v) is 4.75. The van der Waals surface area contributed by atoms with Gasteiger partial charge in [0, 0.05) is 6.54 Å². The van der Waals surface area contributed by atoms with Crippen molar-refractivity contribution < 1.29 is 0 Å². The molecule has 0 bridgehead atoms. The van der Waals surface area contributed by atoms with E-state index in [1.54, 1.807) is 0 Å². The van der Waals surface area contributed by atoms with Gasteiger partial charge in [-0.05, 0) is 51.4 Å². The molecule has 2 atom stereocenters. The molecule has 2 heteroatoms. The van der Waals surface area contributed by atoms with Crippen LogP contribution < -0.4 is 5.32 Å². The van der Waals surface area contributed by atoms with E-state index in [4.69, 9.17) is 0 Å². The first kappa shape index (κ1) is 7.56. The summed E-state index contributed by atoms with van der Waals surface area (Å²) in [5.41, 5.74) is 0. The fourth-order valence-electron chi connectivity index (χ4n) is 2.45. The molecule has 0 saturated carbocycles. The molecule has 0 radical (unpaired) electrons. The Bertz CT molecular complexity index is 136. The standard InChI is InChI=1S/C9H18N2/c1-11-4-2-3-8-5-10-6-9(8)7-11/h8-10H,2-7H2,1H3. The van der Waals surface area contributed by atoms with Gasteiger partial charge in [0.2, 0.25) is 0 Å². The number of likely N-dealkylation sites (tertiary alicyclic amines) is 1. The number of fused-ring (bicyclic) bond motifs is 1. The molecule has 0 aromatic heterocycles. The predicted octanol–water partition coefficient (Wildman–Crippen LogP) is 0.548. The highest BCUT2D eigenvalue weighted by molar-refractivity contribution is 4.85. The summed E-state index contributed by atoms with van der Waals surface area (Å²) in [5, 5.41) is 3.49. The van der Waals surface area contributed by atoms with E-state index in [2.05, 4.69) is 17.3 Å². The highest BCUT2D eigenvalue weighted by Crippen LogP contribution is 2.25. The lowest BCUT2D eigenvalue weighted by atomic mass is 9.93. The van der Waals surface area contributed by atoms with Crippen molar-refractivity contribution in [3.8, 4) is 0 Å². The van der Waals surface area contributed by atoms with Gasteiger partial charge in [0.25, 0.3) is 0 Å². The van der Waals surface area contributed by atoms with Gasteiger partial charge < -0.3 is 10.2 Å². The second-order valence-corrected chi connectivity index (χ2v) is 4.08. The van der Waals surface area contributed by atoms with Crippen LogP contribution in [0.3, 0.4) is 0 Å². The van der Waals surface area contributed by atoms with Gasteiger partial charge in [-0.3, -0.25) is 0 Å². The quantitative estimate of drug-likeness (QED) is 0.548. The van der Waals surface area contributed by atoms with Gasteiger partial charge in [-0.25, -0.2) is 0 Å². The summed E-state index contributed by atoms with van der Waals surface area (Å²) in [5.74, 6) is 1.93. The molecular formula is C9H18N2. The van der Waals surface area contributed by atoms with Gasteiger partial charge in [-0.2, -0.15) is 0 Å². The van der Waals surface area contributed by atoms with Crippen molar-refractivity contribution in [2.45, 2.75) is 12.8 Å². The van der Waals surface area contributed by atoms with Crippen molar-refractivity contribution in [2.24, 2.45) is 11.8 Å². The van der Waals surface area contributed by atoms with Crippen molar-refractivity contribution >= 4 is 0 Å². The van der Waals surface area contributed by atoms with E-state index in [0.717, 1.165) is 11.8 Å². The van der Waals surface area contributed by atoms with Crippen molar-refractivity contribution in [1.82, 2.24) is 10.2 Å². The monoisotopic (exact) mass is 154 g/mol. The number of nitrogens with zero attached hydrogens (tertiary/aromatic N) is 1. The Morgan fingerprint density at radius 3 is 3.00 bits per heavy atom. The second-order valence-electron chi connectivity index (χ2n) is 4.08. The number of hydrogen-bond donors (Lipinski definition) is 1. The molecule has 64 valence electrons. The maximum atomic E-state index is 3.49. The molecule has 0 amide bonds. The third-order valence-electron chi connectivity index (χ3n) is 3.14. The number of rotatable bonds is 0. The second kappa shape index (κ2) is 3.11. The molecule has 0 aromatic rings. The summed E-state index contributed by atoms with van der Waals surface area (Å²) in [6.45, 7) is 5.16. The van der Waals surface area contributed by atoms with Crippen LogP contribution in [0, 0.1) is 11.8 Å². The smallest absolute Gasteiger partial charge is 0.00219 e. The van der Waals surface area contributed by atoms with Crippen molar-refractivity contribution in [3.63, 3.8) is 0 Å². The van der Waals surface area contributed by atoms with Crippen LogP contribution >= 0.6 is 0 Å². The third kappa shape index (κ3) is 1.57. The van der Waals surface area contributed by atoms with Crippen LogP contribution in [-0.2, 0) is 0 Å². The van der Waals surface area contributed by atoms with Gasteiger partial charge in [-0.15, -0.1) is 0 Å². The summed E-state index contributed by atoms with van der Waals surface area (Å²) in [6.07, 6.45) is 2.85. The Balaban J connectivity index is 1.98. The minimum atomic E-state index is 0.947. The molecule has 0 aromatic carbocycles. The topological polar surface area (TPSA) is 15.3 Å².